The SMILES string of the molecule is CC12Cc3cnn(-c4ccc(F)cc4)c3C=C1CCC2CC(NC(=O)c1ccc(O)cc1)c1ccccc1. The van der Waals surface area contributed by atoms with E-state index in [9.17, 15) is 14.3 Å². The second kappa shape index (κ2) is 9.60. The largest absolute Gasteiger partial charge is 0.508 e. The zero-order valence-electron chi connectivity index (χ0n) is 21.3. The molecule has 3 unspecified atom stereocenters. The summed E-state index contributed by atoms with van der Waals surface area (Å²) in [7, 11) is 0. The number of phenols is 1. The summed E-state index contributed by atoms with van der Waals surface area (Å²) in [5.41, 5.74) is 6.11. The molecule has 0 bridgehead atoms. The Morgan fingerprint density at radius 3 is 2.58 bits per heavy atom. The first kappa shape index (κ1) is 24.2. The van der Waals surface area contributed by atoms with E-state index >= 15 is 0 Å². The van der Waals surface area contributed by atoms with E-state index < -0.39 is 0 Å². The molecule has 1 saturated carbocycles. The molecule has 6 rings (SSSR count). The van der Waals surface area contributed by atoms with Crippen molar-refractivity contribution in [1.82, 2.24) is 15.1 Å². The van der Waals surface area contributed by atoms with Crippen molar-refractivity contribution in [1.29, 1.82) is 0 Å². The molecule has 1 fully saturated rings. The summed E-state index contributed by atoms with van der Waals surface area (Å²) < 4.78 is 15.4. The molecule has 6 heteroatoms. The van der Waals surface area contributed by atoms with Crippen molar-refractivity contribution in [2.24, 2.45) is 11.3 Å². The first-order chi connectivity index (χ1) is 18.4. The van der Waals surface area contributed by atoms with E-state index in [4.69, 9.17) is 0 Å². The molecule has 1 amide bonds. The highest BCUT2D eigenvalue weighted by atomic mass is 19.1. The molecule has 0 aliphatic heterocycles. The number of rotatable bonds is 6. The number of benzene rings is 3. The summed E-state index contributed by atoms with van der Waals surface area (Å²) in [5, 5.41) is 17.5. The Bertz CT molecular complexity index is 1490. The lowest BCUT2D eigenvalue weighted by molar-refractivity contribution is 0.0923. The summed E-state index contributed by atoms with van der Waals surface area (Å²) in [6.07, 6.45) is 7.98. The molecule has 2 N–H and O–H groups in total. The van der Waals surface area contributed by atoms with Gasteiger partial charge in [0.05, 0.1) is 23.6 Å². The van der Waals surface area contributed by atoms with Crippen LogP contribution in [0.15, 0.2) is 90.6 Å². The topological polar surface area (TPSA) is 67.2 Å². The lowest BCUT2D eigenvalue weighted by atomic mass is 9.68. The fourth-order valence-electron chi connectivity index (χ4n) is 6.20. The second-order valence-corrected chi connectivity index (χ2v) is 10.7. The number of hydrogen-bond donors (Lipinski definition) is 2. The molecular formula is C32H30FN3O2. The molecule has 0 saturated heterocycles. The third-order valence-electron chi connectivity index (χ3n) is 8.38. The molecule has 5 nitrogen and oxygen atoms in total. The van der Waals surface area contributed by atoms with Gasteiger partial charge in [-0.15, -0.1) is 0 Å². The van der Waals surface area contributed by atoms with Crippen LogP contribution >= 0.6 is 0 Å². The van der Waals surface area contributed by atoms with Crippen molar-refractivity contribution >= 4 is 12.0 Å². The van der Waals surface area contributed by atoms with Crippen molar-refractivity contribution in [3.8, 4) is 11.4 Å². The average Bonchev–Trinajstić information content (AvgIpc) is 3.47. The number of nitrogens with one attached hydrogen (secondary N) is 1. The standard InChI is InChI=1S/C32H30FN3O2/c1-32-19-23-20-34-36(27-13-11-26(33)12-14-27)30(23)18-25(32)10-9-24(32)17-29(21-5-3-2-4-6-21)35-31(38)22-7-15-28(37)16-8-22/h2-8,11-16,18,20,24,29,37H,9-10,17,19H2,1H3,(H,35,38). The van der Waals surface area contributed by atoms with Gasteiger partial charge in [-0.05, 0) is 103 Å². The summed E-state index contributed by atoms with van der Waals surface area (Å²) >= 11 is 0. The van der Waals surface area contributed by atoms with Gasteiger partial charge in [0.25, 0.3) is 5.91 Å². The number of nitrogens with zero attached hydrogens (tertiary/aromatic N) is 2. The molecule has 2 aliphatic rings. The Morgan fingerprint density at radius 2 is 1.84 bits per heavy atom. The van der Waals surface area contributed by atoms with Crippen molar-refractivity contribution in [2.75, 3.05) is 0 Å². The number of carbonyl (C=O) groups excluding carboxylic acids is 1. The van der Waals surface area contributed by atoms with Crippen molar-refractivity contribution in [3.05, 3.63) is 119 Å². The number of hydrogen-bond acceptors (Lipinski definition) is 3. The van der Waals surface area contributed by atoms with Crippen LogP contribution in [0.25, 0.3) is 11.8 Å². The molecule has 2 aliphatic carbocycles. The van der Waals surface area contributed by atoms with Gasteiger partial charge in [-0.25, -0.2) is 9.07 Å². The van der Waals surface area contributed by atoms with Gasteiger partial charge >= 0.3 is 0 Å². The molecular weight excluding hydrogens is 477 g/mol. The quantitative estimate of drug-likeness (QED) is 0.308. The Morgan fingerprint density at radius 1 is 1.11 bits per heavy atom. The highest BCUT2D eigenvalue weighted by molar-refractivity contribution is 5.94. The lowest BCUT2D eigenvalue weighted by Gasteiger charge is -2.37. The zero-order chi connectivity index (χ0) is 26.3. The Balaban J connectivity index is 1.27. The first-order valence-electron chi connectivity index (χ1n) is 13.1. The summed E-state index contributed by atoms with van der Waals surface area (Å²) in [6.45, 7) is 2.35. The number of amides is 1. The van der Waals surface area contributed by atoms with Crippen LogP contribution in [0.4, 0.5) is 4.39 Å². The van der Waals surface area contributed by atoms with Crippen LogP contribution < -0.4 is 5.32 Å². The van der Waals surface area contributed by atoms with E-state index in [1.807, 2.05) is 29.1 Å². The highest BCUT2D eigenvalue weighted by Gasteiger charge is 2.46. The molecule has 0 spiro atoms. The number of carbonyl (C=O) groups is 1. The number of allylic oxidation sites excluding steroid dienone is 1. The van der Waals surface area contributed by atoms with E-state index in [2.05, 4.69) is 35.5 Å². The zero-order valence-corrected chi connectivity index (χ0v) is 21.3. The van der Waals surface area contributed by atoms with E-state index in [-0.39, 0.29) is 28.9 Å². The van der Waals surface area contributed by atoms with Crippen LogP contribution in [0.5, 0.6) is 5.75 Å². The number of halogens is 1. The predicted molar refractivity (Wildman–Crippen MR) is 145 cm³/mol. The normalized spacial score (nSPS) is 20.8. The Labute approximate surface area is 221 Å². The smallest absolute Gasteiger partial charge is 0.251 e. The third-order valence-corrected chi connectivity index (χ3v) is 8.38. The van der Waals surface area contributed by atoms with E-state index in [1.54, 1.807) is 24.3 Å². The van der Waals surface area contributed by atoms with Crippen LogP contribution in [0.3, 0.4) is 0 Å². The van der Waals surface area contributed by atoms with Crippen LogP contribution in [0.2, 0.25) is 0 Å². The number of aromatic hydroxyl groups is 1. The predicted octanol–water partition coefficient (Wildman–Crippen LogP) is 6.63. The van der Waals surface area contributed by atoms with Crippen molar-refractivity contribution < 1.29 is 14.3 Å². The Hall–Kier alpha value is -4.19. The highest BCUT2D eigenvalue weighted by Crippen LogP contribution is 2.55. The van der Waals surface area contributed by atoms with Gasteiger partial charge < -0.3 is 10.4 Å². The molecule has 3 atom stereocenters. The van der Waals surface area contributed by atoms with Crippen LogP contribution in [0.1, 0.15) is 59.4 Å². The Kier molecular flexibility index (Phi) is 6.10. The molecule has 192 valence electrons. The first-order valence-corrected chi connectivity index (χ1v) is 13.1. The maximum Gasteiger partial charge on any atom is 0.251 e. The van der Waals surface area contributed by atoms with Crippen LogP contribution in [-0.2, 0) is 6.42 Å². The van der Waals surface area contributed by atoms with Gasteiger partial charge in [-0.1, -0.05) is 42.8 Å². The van der Waals surface area contributed by atoms with E-state index in [0.29, 0.717) is 11.5 Å². The van der Waals surface area contributed by atoms with Gasteiger partial charge in [-0.2, -0.15) is 5.10 Å². The minimum atomic E-state index is -0.259. The molecule has 1 aromatic heterocycles. The summed E-state index contributed by atoms with van der Waals surface area (Å²) in [5.74, 6) is 0.106. The summed E-state index contributed by atoms with van der Waals surface area (Å²) in [4.78, 5) is 13.2. The maximum absolute atomic E-state index is 13.5. The minimum absolute atomic E-state index is 0.0278. The molecule has 38 heavy (non-hydrogen) atoms. The van der Waals surface area contributed by atoms with Crippen LogP contribution in [-0.4, -0.2) is 20.8 Å². The average molecular weight is 508 g/mol. The molecule has 3 aromatic carbocycles. The second-order valence-electron chi connectivity index (χ2n) is 10.7. The monoisotopic (exact) mass is 507 g/mol. The number of aromatic nitrogens is 2. The molecule has 1 heterocycles. The van der Waals surface area contributed by atoms with Gasteiger partial charge in [0.15, 0.2) is 0 Å². The number of fused-ring (bicyclic) bond motifs is 2. The van der Waals surface area contributed by atoms with Gasteiger partial charge in [0.2, 0.25) is 0 Å². The maximum atomic E-state index is 13.5. The summed E-state index contributed by atoms with van der Waals surface area (Å²) in [6, 6.07) is 22.8. The van der Waals surface area contributed by atoms with Gasteiger partial charge in [-0.3, -0.25) is 4.79 Å². The third kappa shape index (κ3) is 4.40. The fourth-order valence-corrected chi connectivity index (χ4v) is 6.20. The van der Waals surface area contributed by atoms with E-state index in [0.717, 1.165) is 42.6 Å². The van der Waals surface area contributed by atoms with Crippen molar-refractivity contribution in [3.63, 3.8) is 0 Å². The minimum Gasteiger partial charge on any atom is -0.508 e. The number of phenolic OH excluding ortho intramolecular Hbond substituents is 1. The van der Waals surface area contributed by atoms with Crippen molar-refractivity contribution in [2.45, 2.75) is 38.6 Å². The van der Waals surface area contributed by atoms with Gasteiger partial charge in [0, 0.05) is 5.56 Å². The lowest BCUT2D eigenvalue weighted by Crippen LogP contribution is -2.34. The van der Waals surface area contributed by atoms with E-state index in [1.165, 1.54) is 35.4 Å². The molecule has 4 aromatic rings. The van der Waals surface area contributed by atoms with Crippen LogP contribution in [0, 0.1) is 17.2 Å². The van der Waals surface area contributed by atoms with Gasteiger partial charge in [0.1, 0.15) is 11.6 Å². The molecule has 0 radical (unpaired) electrons. The fraction of sp³-hybridized carbons (Fsp3) is 0.250.